The van der Waals surface area contributed by atoms with E-state index in [1.807, 2.05) is 12.4 Å². The van der Waals surface area contributed by atoms with Gasteiger partial charge in [0.1, 0.15) is 0 Å². The maximum atomic E-state index is 8.17. The van der Waals surface area contributed by atoms with E-state index in [4.69, 9.17) is 10.5 Å². The van der Waals surface area contributed by atoms with Crippen LogP contribution >= 0.6 is 0 Å². The Labute approximate surface area is 79.5 Å². The van der Waals surface area contributed by atoms with Crippen LogP contribution in [0.2, 0.25) is 0 Å². The number of hydrogen-bond donors (Lipinski definition) is 2. The first-order valence-electron chi connectivity index (χ1n) is 4.65. The predicted octanol–water partition coefficient (Wildman–Crippen LogP) is 1.08. The van der Waals surface area contributed by atoms with Gasteiger partial charge in [0.15, 0.2) is 12.4 Å². The molecule has 0 aliphatic heterocycles. The molecule has 0 fully saturated rings. The van der Waals surface area contributed by atoms with Gasteiger partial charge in [0.05, 0.1) is 0 Å². The van der Waals surface area contributed by atoms with Gasteiger partial charge in [-0.1, -0.05) is 19.3 Å². The highest BCUT2D eigenvalue weighted by Crippen LogP contribution is 2.01. The fourth-order valence-corrected chi connectivity index (χ4v) is 1.07. The largest absolute Gasteiger partial charge is 0.324 e. The van der Waals surface area contributed by atoms with E-state index in [1.54, 1.807) is 0 Å². The van der Waals surface area contributed by atoms with Crippen LogP contribution in [0.4, 0.5) is 0 Å². The molecule has 0 amide bonds. The minimum absolute atomic E-state index is 0.785. The lowest BCUT2D eigenvalue weighted by molar-refractivity contribution is 0.598. The lowest BCUT2D eigenvalue weighted by atomic mass is 10.1. The molecular weight excluding hydrogens is 164 g/mol. The van der Waals surface area contributed by atoms with E-state index in [0.29, 0.717) is 0 Å². The van der Waals surface area contributed by atoms with Crippen molar-refractivity contribution in [1.29, 1.82) is 10.5 Å². The van der Waals surface area contributed by atoms with Gasteiger partial charge in [0.25, 0.3) is 0 Å². The SMILES string of the molecule is N#CNCCCCCCCNC#N. The number of nitriles is 2. The molecule has 0 aliphatic rings. The summed E-state index contributed by atoms with van der Waals surface area (Å²) >= 11 is 0. The molecule has 0 atom stereocenters. The number of nitrogens with zero attached hydrogens (tertiary/aromatic N) is 2. The van der Waals surface area contributed by atoms with Crippen molar-refractivity contribution < 1.29 is 0 Å². The quantitative estimate of drug-likeness (QED) is 0.333. The van der Waals surface area contributed by atoms with Gasteiger partial charge in [-0.25, -0.2) is 0 Å². The Hall–Kier alpha value is -1.42. The number of hydrogen-bond acceptors (Lipinski definition) is 4. The monoisotopic (exact) mass is 180 g/mol. The van der Waals surface area contributed by atoms with Crippen LogP contribution in [0.15, 0.2) is 0 Å². The lowest BCUT2D eigenvalue weighted by Crippen LogP contribution is -2.07. The Morgan fingerprint density at radius 3 is 1.46 bits per heavy atom. The maximum Gasteiger partial charge on any atom is 0.176 e. The molecule has 4 nitrogen and oxygen atoms in total. The molecule has 13 heavy (non-hydrogen) atoms. The van der Waals surface area contributed by atoms with Crippen molar-refractivity contribution in [2.75, 3.05) is 13.1 Å². The summed E-state index contributed by atoms with van der Waals surface area (Å²) in [6.07, 6.45) is 9.38. The van der Waals surface area contributed by atoms with Crippen molar-refractivity contribution in [2.24, 2.45) is 0 Å². The second kappa shape index (κ2) is 10.6. The average Bonchev–Trinajstić information content (AvgIpc) is 2.16. The highest BCUT2D eigenvalue weighted by atomic mass is 14.8. The molecule has 0 aromatic carbocycles. The molecule has 0 saturated carbocycles. The maximum absolute atomic E-state index is 8.17. The van der Waals surface area contributed by atoms with Crippen LogP contribution in [0.1, 0.15) is 32.1 Å². The molecule has 0 aromatic rings. The van der Waals surface area contributed by atoms with Crippen molar-refractivity contribution >= 4 is 0 Å². The molecule has 0 bridgehead atoms. The molecule has 0 aromatic heterocycles. The lowest BCUT2D eigenvalue weighted by Gasteiger charge is -1.99. The van der Waals surface area contributed by atoms with Crippen LogP contribution in [0.5, 0.6) is 0 Å². The van der Waals surface area contributed by atoms with Gasteiger partial charge >= 0.3 is 0 Å². The molecule has 0 unspecified atom stereocenters. The Kier molecular flexibility index (Phi) is 9.42. The first kappa shape index (κ1) is 11.6. The topological polar surface area (TPSA) is 71.6 Å². The summed E-state index contributed by atoms with van der Waals surface area (Å²) in [5.41, 5.74) is 0. The Morgan fingerprint density at radius 2 is 1.08 bits per heavy atom. The Balaban J connectivity index is 2.85. The van der Waals surface area contributed by atoms with Crippen molar-refractivity contribution in [2.45, 2.75) is 32.1 Å². The zero-order valence-corrected chi connectivity index (χ0v) is 7.84. The van der Waals surface area contributed by atoms with E-state index >= 15 is 0 Å². The summed E-state index contributed by atoms with van der Waals surface area (Å²) < 4.78 is 0. The summed E-state index contributed by atoms with van der Waals surface area (Å²) in [6.45, 7) is 1.57. The number of nitrogens with one attached hydrogen (secondary N) is 2. The molecule has 0 radical (unpaired) electrons. The molecule has 4 heteroatoms. The first-order valence-corrected chi connectivity index (χ1v) is 4.65. The third-order valence-electron chi connectivity index (χ3n) is 1.76. The fraction of sp³-hybridized carbons (Fsp3) is 0.778. The minimum Gasteiger partial charge on any atom is -0.324 e. The fourth-order valence-electron chi connectivity index (χ4n) is 1.07. The summed E-state index contributed by atoms with van der Waals surface area (Å²) in [7, 11) is 0. The molecular formula is C9H16N4. The van der Waals surface area contributed by atoms with Gasteiger partial charge in [-0.05, 0) is 12.8 Å². The van der Waals surface area contributed by atoms with Crippen LogP contribution in [0.3, 0.4) is 0 Å². The normalized spacial score (nSPS) is 8.46. The van der Waals surface area contributed by atoms with Crippen molar-refractivity contribution in [1.82, 2.24) is 10.6 Å². The molecule has 0 saturated heterocycles. The molecule has 2 N–H and O–H groups in total. The highest BCUT2D eigenvalue weighted by molar-refractivity contribution is 4.65. The van der Waals surface area contributed by atoms with E-state index in [0.717, 1.165) is 38.8 Å². The second-order valence-corrected chi connectivity index (χ2v) is 2.84. The van der Waals surface area contributed by atoms with Gasteiger partial charge in [-0.15, -0.1) is 0 Å². The third-order valence-corrected chi connectivity index (χ3v) is 1.76. The Morgan fingerprint density at radius 1 is 0.692 bits per heavy atom. The van der Waals surface area contributed by atoms with Gasteiger partial charge < -0.3 is 10.6 Å². The van der Waals surface area contributed by atoms with Crippen LogP contribution in [-0.2, 0) is 0 Å². The highest BCUT2D eigenvalue weighted by Gasteiger charge is 1.89. The average molecular weight is 180 g/mol. The number of unbranched alkanes of at least 4 members (excludes halogenated alkanes) is 4. The minimum atomic E-state index is 0.785. The predicted molar refractivity (Wildman–Crippen MR) is 50.3 cm³/mol. The molecule has 0 spiro atoms. The zero-order chi connectivity index (χ0) is 9.78. The van der Waals surface area contributed by atoms with Gasteiger partial charge in [0, 0.05) is 13.1 Å². The molecule has 72 valence electrons. The van der Waals surface area contributed by atoms with Gasteiger partial charge in [-0.2, -0.15) is 10.5 Å². The van der Waals surface area contributed by atoms with Crippen LogP contribution < -0.4 is 10.6 Å². The van der Waals surface area contributed by atoms with Crippen LogP contribution in [0.25, 0.3) is 0 Å². The second-order valence-electron chi connectivity index (χ2n) is 2.84. The van der Waals surface area contributed by atoms with Crippen molar-refractivity contribution in [3.05, 3.63) is 0 Å². The van der Waals surface area contributed by atoms with Gasteiger partial charge in [0.2, 0.25) is 0 Å². The molecule has 0 rings (SSSR count). The van der Waals surface area contributed by atoms with Gasteiger partial charge in [-0.3, -0.25) is 0 Å². The van der Waals surface area contributed by atoms with E-state index < -0.39 is 0 Å². The summed E-state index contributed by atoms with van der Waals surface area (Å²) in [4.78, 5) is 0. The van der Waals surface area contributed by atoms with E-state index in [2.05, 4.69) is 10.6 Å². The van der Waals surface area contributed by atoms with Crippen molar-refractivity contribution in [3.8, 4) is 12.4 Å². The summed E-state index contributed by atoms with van der Waals surface area (Å²) in [6, 6.07) is 0. The zero-order valence-electron chi connectivity index (χ0n) is 7.84. The van der Waals surface area contributed by atoms with E-state index in [9.17, 15) is 0 Å². The first-order chi connectivity index (χ1) is 6.41. The molecule has 0 heterocycles. The van der Waals surface area contributed by atoms with E-state index in [1.165, 1.54) is 6.42 Å². The van der Waals surface area contributed by atoms with Crippen LogP contribution in [0, 0.1) is 22.9 Å². The smallest absolute Gasteiger partial charge is 0.176 e. The summed E-state index contributed by atoms with van der Waals surface area (Å²) in [5, 5.41) is 21.6. The van der Waals surface area contributed by atoms with Crippen LogP contribution in [-0.4, -0.2) is 13.1 Å². The third kappa shape index (κ3) is 10.6. The summed E-state index contributed by atoms with van der Waals surface area (Å²) in [5.74, 6) is 0. The standard InChI is InChI=1S/C9H16N4/c10-8-12-6-4-2-1-3-5-7-13-9-11/h12-13H,1-7H2. The Bertz CT molecular complexity index is 157. The van der Waals surface area contributed by atoms with E-state index in [-0.39, 0.29) is 0 Å². The number of rotatable bonds is 8. The molecule has 0 aliphatic carbocycles. The van der Waals surface area contributed by atoms with Crippen molar-refractivity contribution in [3.63, 3.8) is 0 Å².